The van der Waals surface area contributed by atoms with Gasteiger partial charge in [0, 0.05) is 16.7 Å². The number of carbonyl (C=O) groups is 3. The standard InChI is InChI=1S/C24H26Cl2O6/c1-4-31-21(30)24(32-20(29)19(25)26)10-8-16-15-6-5-13-11-14(27)7-9-22(13,2)18(15)17(28)12-23(16,24)3/h1,7,9,11,15-19,28H,5-6,8,10,12H2,2-3H3/t15?,16?,17?,18?,22?,23?,24-/m0/s1. The van der Waals surface area contributed by atoms with Crippen molar-refractivity contribution in [3.8, 4) is 12.5 Å². The molecule has 0 saturated heterocycles. The third-order valence-corrected chi connectivity index (χ3v) is 8.91. The Hall–Kier alpha value is -1.81. The summed E-state index contributed by atoms with van der Waals surface area (Å²) in [6.07, 6.45) is 13.9. The van der Waals surface area contributed by atoms with E-state index in [9.17, 15) is 19.5 Å². The molecule has 3 saturated carbocycles. The van der Waals surface area contributed by atoms with Gasteiger partial charge in [-0.05, 0) is 56.1 Å². The zero-order chi connectivity index (χ0) is 23.5. The zero-order valence-corrected chi connectivity index (χ0v) is 19.5. The number of fused-ring (bicyclic) bond motifs is 5. The first-order valence-corrected chi connectivity index (χ1v) is 11.7. The summed E-state index contributed by atoms with van der Waals surface area (Å²) >= 11 is 11.4. The Morgan fingerprint density at radius 3 is 2.69 bits per heavy atom. The Morgan fingerprint density at radius 1 is 1.31 bits per heavy atom. The summed E-state index contributed by atoms with van der Waals surface area (Å²) in [5.74, 6) is -1.95. The van der Waals surface area contributed by atoms with E-state index in [1.54, 1.807) is 12.2 Å². The Labute approximate surface area is 197 Å². The third kappa shape index (κ3) is 3.16. The van der Waals surface area contributed by atoms with Crippen LogP contribution < -0.4 is 0 Å². The van der Waals surface area contributed by atoms with Gasteiger partial charge in [0.2, 0.25) is 10.4 Å². The predicted octanol–water partition coefficient (Wildman–Crippen LogP) is 3.48. The van der Waals surface area contributed by atoms with Crippen molar-refractivity contribution in [2.24, 2.45) is 28.6 Å². The Morgan fingerprint density at radius 2 is 2.03 bits per heavy atom. The van der Waals surface area contributed by atoms with E-state index in [0.717, 1.165) is 18.4 Å². The molecule has 0 aromatic rings. The van der Waals surface area contributed by atoms with Crippen LogP contribution in [-0.2, 0) is 23.9 Å². The molecule has 0 aliphatic heterocycles. The Balaban J connectivity index is 1.76. The van der Waals surface area contributed by atoms with Gasteiger partial charge in [0.25, 0.3) is 0 Å². The number of carbonyl (C=O) groups excluding carboxylic acids is 3. The van der Waals surface area contributed by atoms with E-state index in [-0.39, 0.29) is 36.4 Å². The number of halogens is 2. The van der Waals surface area contributed by atoms with Gasteiger partial charge in [-0.15, -0.1) is 0 Å². The summed E-state index contributed by atoms with van der Waals surface area (Å²) in [7, 11) is 0. The Bertz CT molecular complexity index is 964. The molecule has 6 unspecified atom stereocenters. The van der Waals surface area contributed by atoms with Gasteiger partial charge in [0.15, 0.2) is 5.78 Å². The number of alkyl halides is 2. The highest BCUT2D eigenvalue weighted by Crippen LogP contribution is 2.68. The van der Waals surface area contributed by atoms with Crippen LogP contribution >= 0.6 is 23.2 Å². The summed E-state index contributed by atoms with van der Waals surface area (Å²) < 4.78 is 10.6. The number of hydrogen-bond acceptors (Lipinski definition) is 6. The second-order valence-electron chi connectivity index (χ2n) is 9.81. The maximum absolute atomic E-state index is 13.1. The summed E-state index contributed by atoms with van der Waals surface area (Å²) in [4.78, 5) is 36.0. The largest absolute Gasteiger partial charge is 0.444 e. The molecular formula is C24H26Cl2O6. The fraction of sp³-hybridized carbons (Fsp3) is 0.625. The number of ether oxygens (including phenoxy) is 2. The fourth-order valence-corrected chi connectivity index (χ4v) is 7.30. The number of aliphatic hydroxyl groups is 1. The molecule has 3 fully saturated rings. The van der Waals surface area contributed by atoms with Gasteiger partial charge in [0.1, 0.15) is 6.11 Å². The molecule has 1 N–H and O–H groups in total. The summed E-state index contributed by atoms with van der Waals surface area (Å²) in [5, 5.41) is 11.4. The predicted molar refractivity (Wildman–Crippen MR) is 117 cm³/mol. The van der Waals surface area contributed by atoms with E-state index in [1.807, 2.05) is 19.1 Å². The maximum atomic E-state index is 13.1. The third-order valence-electron chi connectivity index (χ3n) is 8.55. The first-order chi connectivity index (χ1) is 15.0. The fourth-order valence-electron chi connectivity index (χ4n) is 7.21. The van der Waals surface area contributed by atoms with Gasteiger partial charge in [-0.3, -0.25) is 4.79 Å². The highest BCUT2D eigenvalue weighted by atomic mass is 35.5. The molecule has 0 aromatic heterocycles. The van der Waals surface area contributed by atoms with E-state index in [4.69, 9.17) is 39.1 Å². The number of aliphatic hydroxyl groups excluding tert-OH is 1. The molecule has 4 aliphatic carbocycles. The van der Waals surface area contributed by atoms with Gasteiger partial charge < -0.3 is 14.6 Å². The molecule has 172 valence electrons. The summed E-state index contributed by atoms with van der Waals surface area (Å²) in [6.45, 7) is 3.91. The lowest BCUT2D eigenvalue weighted by Crippen LogP contribution is -2.63. The molecule has 0 amide bonds. The van der Waals surface area contributed by atoms with Crippen molar-refractivity contribution in [2.75, 3.05) is 0 Å². The van der Waals surface area contributed by atoms with Crippen molar-refractivity contribution in [1.82, 2.24) is 0 Å². The number of rotatable bonds is 3. The average Bonchev–Trinajstić information content (AvgIpc) is 3.01. The number of hydrogen-bond donors (Lipinski definition) is 1. The number of terminal acetylenes is 1. The second-order valence-corrected chi connectivity index (χ2v) is 10.9. The Kier molecular flexibility index (Phi) is 5.76. The van der Waals surface area contributed by atoms with Crippen molar-refractivity contribution < 1.29 is 29.0 Å². The van der Waals surface area contributed by atoms with Crippen LogP contribution in [0.2, 0.25) is 0 Å². The highest BCUT2D eigenvalue weighted by molar-refractivity contribution is 6.53. The number of ketones is 1. The highest BCUT2D eigenvalue weighted by Gasteiger charge is 2.71. The lowest BCUT2D eigenvalue weighted by atomic mass is 9.46. The van der Waals surface area contributed by atoms with Gasteiger partial charge >= 0.3 is 11.9 Å². The van der Waals surface area contributed by atoms with Crippen molar-refractivity contribution >= 4 is 40.9 Å². The van der Waals surface area contributed by atoms with Crippen LogP contribution in [0.1, 0.15) is 46.0 Å². The average molecular weight is 481 g/mol. The van der Waals surface area contributed by atoms with Crippen LogP contribution in [0.4, 0.5) is 0 Å². The van der Waals surface area contributed by atoms with Crippen molar-refractivity contribution in [3.05, 3.63) is 23.8 Å². The van der Waals surface area contributed by atoms with E-state index >= 15 is 0 Å². The van der Waals surface area contributed by atoms with Crippen molar-refractivity contribution in [1.29, 1.82) is 0 Å². The van der Waals surface area contributed by atoms with E-state index in [1.165, 1.54) is 0 Å². The second kappa shape index (κ2) is 7.90. The molecule has 0 heterocycles. The molecule has 0 radical (unpaired) electrons. The quantitative estimate of drug-likeness (QED) is 0.377. The molecular weight excluding hydrogens is 455 g/mol. The zero-order valence-electron chi connectivity index (χ0n) is 18.0. The molecule has 7 atom stereocenters. The molecule has 0 bridgehead atoms. The molecule has 6 nitrogen and oxygen atoms in total. The monoisotopic (exact) mass is 480 g/mol. The van der Waals surface area contributed by atoms with Crippen molar-refractivity contribution in [2.45, 2.75) is 62.5 Å². The van der Waals surface area contributed by atoms with Crippen LogP contribution in [0.25, 0.3) is 0 Å². The van der Waals surface area contributed by atoms with Gasteiger partial charge in [0.05, 0.1) is 6.10 Å². The topological polar surface area (TPSA) is 89.9 Å². The minimum Gasteiger partial charge on any atom is -0.444 e. The molecule has 0 aromatic carbocycles. The van der Waals surface area contributed by atoms with Crippen LogP contribution in [0.5, 0.6) is 0 Å². The molecule has 4 rings (SSSR count). The van der Waals surface area contributed by atoms with E-state index in [0.29, 0.717) is 6.42 Å². The van der Waals surface area contributed by atoms with Crippen LogP contribution in [-0.4, -0.2) is 39.4 Å². The molecule has 32 heavy (non-hydrogen) atoms. The van der Waals surface area contributed by atoms with Gasteiger partial charge in [-0.1, -0.05) is 55.1 Å². The minimum absolute atomic E-state index is 0.0356. The van der Waals surface area contributed by atoms with Crippen LogP contribution in [0.15, 0.2) is 23.8 Å². The SMILES string of the molecule is C#COC(=O)[C@@]1(OC(=O)C(Cl)Cl)CCC2C3CCC4=CC(=O)C=CC4(C)C3C(O)CC21C. The summed E-state index contributed by atoms with van der Waals surface area (Å²) in [5.41, 5.74) is -2.03. The lowest BCUT2D eigenvalue weighted by molar-refractivity contribution is -0.208. The van der Waals surface area contributed by atoms with E-state index in [2.05, 4.69) is 6.92 Å². The molecule has 0 spiro atoms. The van der Waals surface area contributed by atoms with Crippen molar-refractivity contribution in [3.63, 3.8) is 0 Å². The molecule has 8 heteroatoms. The first-order valence-electron chi connectivity index (χ1n) is 10.8. The number of esters is 2. The number of allylic oxidation sites excluding steroid dienone is 4. The van der Waals surface area contributed by atoms with Crippen LogP contribution in [0, 0.1) is 41.1 Å². The maximum Gasteiger partial charge on any atom is 0.365 e. The van der Waals surface area contributed by atoms with E-state index < -0.39 is 39.3 Å². The first kappa shape index (κ1) is 23.4. The van der Waals surface area contributed by atoms with Gasteiger partial charge in [-0.25, -0.2) is 9.59 Å². The summed E-state index contributed by atoms with van der Waals surface area (Å²) in [6, 6.07) is 0. The van der Waals surface area contributed by atoms with Gasteiger partial charge in [-0.2, -0.15) is 0 Å². The smallest absolute Gasteiger partial charge is 0.365 e. The molecule has 4 aliphatic rings. The normalized spacial score (nSPS) is 42.3. The van der Waals surface area contributed by atoms with Crippen LogP contribution in [0.3, 0.4) is 0 Å². The lowest BCUT2D eigenvalue weighted by Gasteiger charge is -2.59. The minimum atomic E-state index is -1.69.